The zero-order chi connectivity index (χ0) is 17.3. The first kappa shape index (κ1) is 17.2. The molecule has 2 heterocycles. The molecule has 0 unspecified atom stereocenters. The summed E-state index contributed by atoms with van der Waals surface area (Å²) in [6, 6.07) is 5.21. The molecule has 1 amide bonds. The van der Waals surface area contributed by atoms with Gasteiger partial charge in [0.15, 0.2) is 0 Å². The monoisotopic (exact) mass is 351 g/mol. The van der Waals surface area contributed by atoms with Gasteiger partial charge in [-0.15, -0.1) is 0 Å². The summed E-state index contributed by atoms with van der Waals surface area (Å²) in [6.07, 6.45) is 3.18. The topological polar surface area (TPSA) is 78.5 Å². The predicted molar refractivity (Wildman–Crippen MR) is 94.6 cm³/mol. The van der Waals surface area contributed by atoms with Gasteiger partial charge in [-0.05, 0) is 62.4 Å². The van der Waals surface area contributed by atoms with Gasteiger partial charge in [0, 0.05) is 18.7 Å². The number of likely N-dealkylation sites (tertiary alicyclic amines) is 1. The predicted octanol–water partition coefficient (Wildman–Crippen LogP) is 1.44. The van der Waals surface area contributed by atoms with E-state index in [1.165, 1.54) is 0 Å². The third kappa shape index (κ3) is 3.89. The molecule has 0 spiro atoms. The van der Waals surface area contributed by atoms with Crippen molar-refractivity contribution < 1.29 is 13.2 Å². The number of hydrogen-bond donors (Lipinski definition) is 2. The summed E-state index contributed by atoms with van der Waals surface area (Å²) in [5.41, 5.74) is 1.81. The molecule has 2 atom stereocenters. The number of aryl methyl sites for hydroxylation is 1. The minimum absolute atomic E-state index is 0.0144. The standard InChI is InChI=1S/C17H25N3O3S/c1-12-3-4-13(9-16(12)19-24(2,22)23)17(21)20-7-5-14-10-18-11-15(14)6-8-20/h3-4,9,14-15,18-19H,5-8,10-11H2,1-2H3/t14-,15+. The van der Waals surface area contributed by atoms with Gasteiger partial charge in [0.2, 0.25) is 10.0 Å². The molecule has 24 heavy (non-hydrogen) atoms. The number of nitrogens with one attached hydrogen (secondary N) is 2. The molecule has 0 radical (unpaired) electrons. The molecule has 2 fully saturated rings. The van der Waals surface area contributed by atoms with E-state index in [4.69, 9.17) is 0 Å². The zero-order valence-corrected chi connectivity index (χ0v) is 15.0. The second-order valence-corrected chi connectivity index (χ2v) is 8.70. The number of carbonyl (C=O) groups excluding carboxylic acids is 1. The van der Waals surface area contributed by atoms with Crippen LogP contribution in [0.3, 0.4) is 0 Å². The van der Waals surface area contributed by atoms with E-state index in [1.54, 1.807) is 18.2 Å². The Morgan fingerprint density at radius 3 is 2.42 bits per heavy atom. The number of anilines is 1. The summed E-state index contributed by atoms with van der Waals surface area (Å²) < 4.78 is 25.4. The smallest absolute Gasteiger partial charge is 0.253 e. The lowest BCUT2D eigenvalue weighted by molar-refractivity contribution is 0.0758. The van der Waals surface area contributed by atoms with Gasteiger partial charge in [-0.1, -0.05) is 6.07 Å². The Morgan fingerprint density at radius 1 is 1.21 bits per heavy atom. The van der Waals surface area contributed by atoms with E-state index in [-0.39, 0.29) is 5.91 Å². The highest BCUT2D eigenvalue weighted by Crippen LogP contribution is 2.28. The molecule has 2 saturated heterocycles. The molecule has 3 rings (SSSR count). The van der Waals surface area contributed by atoms with Crippen LogP contribution in [0.5, 0.6) is 0 Å². The maximum absolute atomic E-state index is 12.8. The van der Waals surface area contributed by atoms with Crippen molar-refractivity contribution in [3.8, 4) is 0 Å². The summed E-state index contributed by atoms with van der Waals surface area (Å²) in [4.78, 5) is 14.7. The first-order chi connectivity index (χ1) is 11.3. The van der Waals surface area contributed by atoms with E-state index in [0.29, 0.717) is 23.1 Å². The van der Waals surface area contributed by atoms with E-state index in [9.17, 15) is 13.2 Å². The molecule has 2 aliphatic heterocycles. The lowest BCUT2D eigenvalue weighted by Gasteiger charge is -2.21. The summed E-state index contributed by atoms with van der Waals surface area (Å²) >= 11 is 0. The number of rotatable bonds is 3. The maximum atomic E-state index is 12.8. The molecule has 6 nitrogen and oxygen atoms in total. The molecule has 2 N–H and O–H groups in total. The maximum Gasteiger partial charge on any atom is 0.253 e. The Balaban J connectivity index is 1.76. The second-order valence-electron chi connectivity index (χ2n) is 6.95. The third-order valence-electron chi connectivity index (χ3n) is 5.09. The Morgan fingerprint density at radius 2 is 1.83 bits per heavy atom. The van der Waals surface area contributed by atoms with Crippen LogP contribution in [0, 0.1) is 18.8 Å². The van der Waals surface area contributed by atoms with Gasteiger partial charge >= 0.3 is 0 Å². The van der Waals surface area contributed by atoms with Crippen molar-refractivity contribution in [2.24, 2.45) is 11.8 Å². The molecular formula is C17H25N3O3S. The average molecular weight is 351 g/mol. The third-order valence-corrected chi connectivity index (χ3v) is 5.68. The quantitative estimate of drug-likeness (QED) is 0.864. The molecule has 0 aliphatic carbocycles. The molecule has 132 valence electrons. The van der Waals surface area contributed by atoms with Gasteiger partial charge in [-0.25, -0.2) is 8.42 Å². The van der Waals surface area contributed by atoms with Crippen LogP contribution in [0.15, 0.2) is 18.2 Å². The van der Waals surface area contributed by atoms with Crippen molar-refractivity contribution >= 4 is 21.6 Å². The number of nitrogens with zero attached hydrogens (tertiary/aromatic N) is 1. The highest BCUT2D eigenvalue weighted by atomic mass is 32.2. The molecule has 0 bridgehead atoms. The Kier molecular flexibility index (Phi) is 4.83. The molecule has 0 aromatic heterocycles. The van der Waals surface area contributed by atoms with Crippen LogP contribution in [0.2, 0.25) is 0 Å². The fraction of sp³-hybridized carbons (Fsp3) is 0.588. The normalized spacial score (nSPS) is 24.3. The fourth-order valence-corrected chi connectivity index (χ4v) is 4.29. The van der Waals surface area contributed by atoms with Crippen molar-refractivity contribution in [2.75, 3.05) is 37.2 Å². The summed E-state index contributed by atoms with van der Waals surface area (Å²) in [5, 5.41) is 3.43. The van der Waals surface area contributed by atoms with Crippen LogP contribution in [0.1, 0.15) is 28.8 Å². The van der Waals surface area contributed by atoms with Crippen molar-refractivity contribution in [1.82, 2.24) is 10.2 Å². The van der Waals surface area contributed by atoms with Crippen molar-refractivity contribution in [3.63, 3.8) is 0 Å². The Bertz CT molecular complexity index is 719. The highest BCUT2D eigenvalue weighted by Gasteiger charge is 2.31. The lowest BCUT2D eigenvalue weighted by atomic mass is 9.92. The van der Waals surface area contributed by atoms with Crippen molar-refractivity contribution in [1.29, 1.82) is 0 Å². The second kappa shape index (κ2) is 6.72. The van der Waals surface area contributed by atoms with E-state index in [1.807, 2.05) is 11.8 Å². The van der Waals surface area contributed by atoms with Crippen molar-refractivity contribution in [3.05, 3.63) is 29.3 Å². The highest BCUT2D eigenvalue weighted by molar-refractivity contribution is 7.92. The minimum Gasteiger partial charge on any atom is -0.339 e. The molecular weight excluding hydrogens is 326 g/mol. The van der Waals surface area contributed by atoms with Crippen LogP contribution in [0.25, 0.3) is 0 Å². The van der Waals surface area contributed by atoms with Gasteiger partial charge in [0.1, 0.15) is 0 Å². The van der Waals surface area contributed by atoms with Crippen LogP contribution >= 0.6 is 0 Å². The molecule has 7 heteroatoms. The van der Waals surface area contributed by atoms with E-state index >= 15 is 0 Å². The first-order valence-electron chi connectivity index (χ1n) is 8.42. The molecule has 1 aromatic rings. The lowest BCUT2D eigenvalue weighted by Crippen LogP contribution is -2.32. The first-order valence-corrected chi connectivity index (χ1v) is 10.3. The number of benzene rings is 1. The summed E-state index contributed by atoms with van der Waals surface area (Å²) in [7, 11) is -3.37. The van der Waals surface area contributed by atoms with Crippen LogP contribution in [0.4, 0.5) is 5.69 Å². The van der Waals surface area contributed by atoms with Crippen molar-refractivity contribution in [2.45, 2.75) is 19.8 Å². The van der Waals surface area contributed by atoms with Crippen LogP contribution < -0.4 is 10.0 Å². The van der Waals surface area contributed by atoms with E-state index in [0.717, 1.165) is 50.8 Å². The number of hydrogen-bond acceptors (Lipinski definition) is 4. The SMILES string of the molecule is Cc1ccc(C(=O)N2CC[C@@H]3CNC[C@@H]3CC2)cc1NS(C)(=O)=O. The Labute approximate surface area is 143 Å². The molecule has 0 saturated carbocycles. The van der Waals surface area contributed by atoms with Crippen LogP contribution in [-0.2, 0) is 10.0 Å². The number of carbonyl (C=O) groups is 1. The fourth-order valence-electron chi connectivity index (χ4n) is 3.67. The average Bonchev–Trinajstić information content (AvgIpc) is 2.86. The minimum atomic E-state index is -3.37. The van der Waals surface area contributed by atoms with Gasteiger partial charge in [-0.2, -0.15) is 0 Å². The van der Waals surface area contributed by atoms with E-state index < -0.39 is 10.0 Å². The summed E-state index contributed by atoms with van der Waals surface area (Å²) in [6.45, 7) is 5.47. The summed E-state index contributed by atoms with van der Waals surface area (Å²) in [5.74, 6) is 1.33. The number of sulfonamides is 1. The van der Waals surface area contributed by atoms with Gasteiger partial charge < -0.3 is 10.2 Å². The molecule has 1 aromatic carbocycles. The molecule has 2 aliphatic rings. The van der Waals surface area contributed by atoms with E-state index in [2.05, 4.69) is 10.0 Å². The van der Waals surface area contributed by atoms with Crippen LogP contribution in [-0.4, -0.2) is 51.7 Å². The Hall–Kier alpha value is -1.60. The van der Waals surface area contributed by atoms with Gasteiger partial charge in [0.05, 0.1) is 11.9 Å². The largest absolute Gasteiger partial charge is 0.339 e. The number of amides is 1. The van der Waals surface area contributed by atoms with Gasteiger partial charge in [-0.3, -0.25) is 9.52 Å². The zero-order valence-electron chi connectivity index (χ0n) is 14.2. The van der Waals surface area contributed by atoms with Gasteiger partial charge in [0.25, 0.3) is 5.91 Å². The number of fused-ring (bicyclic) bond motifs is 1.